The van der Waals surface area contributed by atoms with E-state index in [1.54, 1.807) is 7.11 Å². The van der Waals surface area contributed by atoms with Crippen LogP contribution in [0.15, 0.2) is 0 Å². The van der Waals surface area contributed by atoms with E-state index >= 15 is 0 Å². The first kappa shape index (κ1) is 17.4. The Morgan fingerprint density at radius 1 is 1.25 bits per heavy atom. The lowest BCUT2D eigenvalue weighted by Crippen LogP contribution is -2.40. The molecule has 0 aromatic carbocycles. The first-order valence-electron chi connectivity index (χ1n) is 7.34. The third kappa shape index (κ3) is 6.65. The second-order valence-electron chi connectivity index (χ2n) is 4.83. The molecule has 118 valence electrons. The fourth-order valence-electron chi connectivity index (χ4n) is 2.00. The molecule has 1 aliphatic heterocycles. The van der Waals surface area contributed by atoms with Gasteiger partial charge in [0, 0.05) is 26.2 Å². The van der Waals surface area contributed by atoms with Gasteiger partial charge in [0.15, 0.2) is 0 Å². The molecule has 0 saturated carbocycles. The van der Waals surface area contributed by atoms with Crippen molar-refractivity contribution in [2.24, 2.45) is 5.92 Å². The summed E-state index contributed by atoms with van der Waals surface area (Å²) >= 11 is 0. The summed E-state index contributed by atoms with van der Waals surface area (Å²) in [6.45, 7) is 6.15. The zero-order chi connectivity index (χ0) is 14.6. The van der Waals surface area contributed by atoms with E-state index in [-0.39, 0.29) is 17.9 Å². The Morgan fingerprint density at radius 3 is 2.85 bits per heavy atom. The molecule has 0 spiro atoms. The molecule has 0 aromatic rings. The largest absolute Gasteiger partial charge is 0.465 e. The van der Waals surface area contributed by atoms with Gasteiger partial charge in [0.2, 0.25) is 0 Å². The van der Waals surface area contributed by atoms with Gasteiger partial charge in [-0.2, -0.15) is 0 Å². The molecule has 0 aliphatic carbocycles. The van der Waals surface area contributed by atoms with Crippen LogP contribution in [0.25, 0.3) is 0 Å². The molecule has 1 aliphatic rings. The smallest absolute Gasteiger partial charge is 0.312 e. The standard InChI is InChI=1S/C14H27NO5/c1-3-5-15-13-11-19-10-12(13)14(16)20-7-4-6-18-9-8-17-2/h12-13,15H,3-11H2,1-2H3. The van der Waals surface area contributed by atoms with Crippen LogP contribution < -0.4 is 5.32 Å². The monoisotopic (exact) mass is 289 g/mol. The Morgan fingerprint density at radius 2 is 2.10 bits per heavy atom. The summed E-state index contributed by atoms with van der Waals surface area (Å²) in [5.74, 6) is -0.357. The maximum absolute atomic E-state index is 12.0. The molecule has 2 atom stereocenters. The highest BCUT2D eigenvalue weighted by molar-refractivity contribution is 5.73. The SMILES string of the molecule is CCCNC1COCC1C(=O)OCCCOCCOC. The van der Waals surface area contributed by atoms with Gasteiger partial charge in [-0.1, -0.05) is 6.92 Å². The molecule has 0 bridgehead atoms. The molecule has 0 radical (unpaired) electrons. The number of carbonyl (C=O) groups excluding carboxylic acids is 1. The predicted octanol–water partition coefficient (Wildman–Crippen LogP) is 0.597. The van der Waals surface area contributed by atoms with Crippen molar-refractivity contribution in [2.75, 3.05) is 53.3 Å². The van der Waals surface area contributed by atoms with E-state index in [4.69, 9.17) is 18.9 Å². The van der Waals surface area contributed by atoms with E-state index in [1.165, 1.54) is 0 Å². The number of carbonyl (C=O) groups is 1. The lowest BCUT2D eigenvalue weighted by Gasteiger charge is -2.17. The summed E-state index contributed by atoms with van der Waals surface area (Å²) in [7, 11) is 1.64. The molecular formula is C14H27NO5. The molecule has 1 heterocycles. The third-order valence-electron chi connectivity index (χ3n) is 3.15. The molecule has 6 nitrogen and oxygen atoms in total. The molecule has 1 N–H and O–H groups in total. The van der Waals surface area contributed by atoms with Crippen molar-refractivity contribution < 1.29 is 23.7 Å². The number of ether oxygens (including phenoxy) is 4. The van der Waals surface area contributed by atoms with Gasteiger partial charge >= 0.3 is 5.97 Å². The predicted molar refractivity (Wildman–Crippen MR) is 74.7 cm³/mol. The van der Waals surface area contributed by atoms with E-state index in [0.717, 1.165) is 13.0 Å². The number of hydrogen-bond acceptors (Lipinski definition) is 6. The summed E-state index contributed by atoms with van der Waals surface area (Å²) in [5, 5.41) is 3.32. The second kappa shape index (κ2) is 11.0. The maximum Gasteiger partial charge on any atom is 0.312 e. The topological polar surface area (TPSA) is 66.0 Å². The van der Waals surface area contributed by atoms with Gasteiger partial charge in [0.25, 0.3) is 0 Å². The Hall–Kier alpha value is -0.690. The molecule has 20 heavy (non-hydrogen) atoms. The van der Waals surface area contributed by atoms with Crippen LogP contribution in [0.2, 0.25) is 0 Å². The zero-order valence-corrected chi connectivity index (χ0v) is 12.6. The van der Waals surface area contributed by atoms with E-state index < -0.39 is 0 Å². The van der Waals surface area contributed by atoms with Gasteiger partial charge < -0.3 is 24.3 Å². The van der Waals surface area contributed by atoms with Crippen molar-refractivity contribution in [3.8, 4) is 0 Å². The van der Waals surface area contributed by atoms with Gasteiger partial charge in [-0.3, -0.25) is 4.79 Å². The van der Waals surface area contributed by atoms with E-state index in [2.05, 4.69) is 12.2 Å². The molecule has 1 fully saturated rings. The fraction of sp³-hybridized carbons (Fsp3) is 0.929. The highest BCUT2D eigenvalue weighted by Gasteiger charge is 2.34. The number of hydrogen-bond donors (Lipinski definition) is 1. The summed E-state index contributed by atoms with van der Waals surface area (Å²) < 4.78 is 20.8. The molecule has 1 saturated heterocycles. The number of rotatable bonds is 11. The number of nitrogens with one attached hydrogen (secondary N) is 1. The molecular weight excluding hydrogens is 262 g/mol. The molecule has 0 amide bonds. The summed E-state index contributed by atoms with van der Waals surface area (Å²) in [5.41, 5.74) is 0. The first-order valence-corrected chi connectivity index (χ1v) is 7.34. The van der Waals surface area contributed by atoms with Crippen molar-refractivity contribution in [3.63, 3.8) is 0 Å². The fourth-order valence-corrected chi connectivity index (χ4v) is 2.00. The van der Waals surface area contributed by atoms with Gasteiger partial charge in [0.05, 0.1) is 39.0 Å². The molecule has 6 heteroatoms. The van der Waals surface area contributed by atoms with Crippen LogP contribution in [-0.4, -0.2) is 65.3 Å². The van der Waals surface area contributed by atoms with Crippen LogP contribution in [0.5, 0.6) is 0 Å². The highest BCUT2D eigenvalue weighted by atomic mass is 16.5. The summed E-state index contributed by atoms with van der Waals surface area (Å²) in [6, 6.07) is 0.0837. The van der Waals surface area contributed by atoms with Crippen LogP contribution in [-0.2, 0) is 23.7 Å². The van der Waals surface area contributed by atoms with Gasteiger partial charge in [-0.05, 0) is 13.0 Å². The molecule has 1 rings (SSSR count). The minimum Gasteiger partial charge on any atom is -0.465 e. The van der Waals surface area contributed by atoms with Gasteiger partial charge in [-0.15, -0.1) is 0 Å². The van der Waals surface area contributed by atoms with Crippen molar-refractivity contribution >= 4 is 5.97 Å². The zero-order valence-electron chi connectivity index (χ0n) is 12.6. The van der Waals surface area contributed by atoms with E-state index in [0.29, 0.717) is 46.1 Å². The second-order valence-corrected chi connectivity index (χ2v) is 4.83. The van der Waals surface area contributed by atoms with Crippen LogP contribution in [0.1, 0.15) is 19.8 Å². The van der Waals surface area contributed by atoms with E-state index in [1.807, 2.05) is 0 Å². The lowest BCUT2D eigenvalue weighted by molar-refractivity contribution is -0.149. The van der Waals surface area contributed by atoms with Gasteiger partial charge in [0.1, 0.15) is 0 Å². The number of esters is 1. The number of methoxy groups -OCH3 is 1. The quantitative estimate of drug-likeness (QED) is 0.444. The third-order valence-corrected chi connectivity index (χ3v) is 3.15. The van der Waals surface area contributed by atoms with Gasteiger partial charge in [-0.25, -0.2) is 0 Å². The van der Waals surface area contributed by atoms with E-state index in [9.17, 15) is 4.79 Å². The van der Waals surface area contributed by atoms with Crippen LogP contribution in [0, 0.1) is 5.92 Å². The van der Waals surface area contributed by atoms with Crippen molar-refractivity contribution in [1.82, 2.24) is 5.32 Å². The van der Waals surface area contributed by atoms with Crippen LogP contribution in [0.3, 0.4) is 0 Å². The Bertz CT molecular complexity index is 262. The first-order chi connectivity index (χ1) is 9.79. The Labute approximate surface area is 121 Å². The average molecular weight is 289 g/mol. The molecule has 2 unspecified atom stereocenters. The Balaban J connectivity index is 2.09. The highest BCUT2D eigenvalue weighted by Crippen LogP contribution is 2.15. The summed E-state index contributed by atoms with van der Waals surface area (Å²) in [4.78, 5) is 12.0. The van der Waals surface area contributed by atoms with Crippen molar-refractivity contribution in [1.29, 1.82) is 0 Å². The lowest BCUT2D eigenvalue weighted by atomic mass is 10.0. The summed E-state index contributed by atoms with van der Waals surface area (Å²) in [6.07, 6.45) is 1.74. The minimum atomic E-state index is -0.184. The van der Waals surface area contributed by atoms with Crippen molar-refractivity contribution in [3.05, 3.63) is 0 Å². The Kier molecular flexibility index (Phi) is 9.57. The molecule has 0 aromatic heterocycles. The van der Waals surface area contributed by atoms with Crippen molar-refractivity contribution in [2.45, 2.75) is 25.8 Å². The maximum atomic E-state index is 12.0. The minimum absolute atomic E-state index is 0.0837. The average Bonchev–Trinajstić information content (AvgIpc) is 2.92. The van der Waals surface area contributed by atoms with Crippen LogP contribution in [0.4, 0.5) is 0 Å². The van der Waals surface area contributed by atoms with Crippen LogP contribution >= 0.6 is 0 Å². The normalized spacial score (nSPS) is 22.1.